The van der Waals surface area contributed by atoms with Crippen LogP contribution in [0.1, 0.15) is 111 Å². The molecule has 4 bridgehead atoms. The summed E-state index contributed by atoms with van der Waals surface area (Å²) in [6, 6.07) is 7.60. The fourth-order valence-corrected chi connectivity index (χ4v) is 14.4. The van der Waals surface area contributed by atoms with Gasteiger partial charge in [0.15, 0.2) is 5.72 Å². The van der Waals surface area contributed by atoms with E-state index in [0.717, 1.165) is 21.6 Å². The molecule has 0 aliphatic carbocycles. The van der Waals surface area contributed by atoms with Gasteiger partial charge in [0.2, 0.25) is 47.6 Å². The number of aryl methyl sites for hydroxylation is 1. The Labute approximate surface area is 723 Å². The lowest BCUT2D eigenvalue weighted by atomic mass is 9.93. The first-order valence-corrected chi connectivity index (χ1v) is 42.2. The van der Waals surface area contributed by atoms with E-state index in [0.29, 0.717) is 24.2 Å². The van der Waals surface area contributed by atoms with Crippen molar-refractivity contribution in [2.45, 2.75) is 211 Å². The number of allylic oxidation sites excluding steroid dienone is 3. The normalized spacial score (nSPS) is 22.9. The fourth-order valence-electron chi connectivity index (χ4n) is 13.4. The summed E-state index contributed by atoms with van der Waals surface area (Å²) in [4.78, 5) is 144. The number of hydrogen-bond acceptors (Lipinski definition) is 30. The zero-order valence-corrected chi connectivity index (χ0v) is 73.5. The maximum absolute atomic E-state index is 14.5. The highest BCUT2D eigenvalue weighted by molar-refractivity contribution is 7.85. The first-order valence-electron chi connectivity index (χ1n) is 40.3. The van der Waals surface area contributed by atoms with Gasteiger partial charge in [-0.05, 0) is 121 Å². The monoisotopic (exact) mass is 1790 g/mol. The lowest BCUT2D eigenvalue weighted by Gasteiger charge is -2.43. The summed E-state index contributed by atoms with van der Waals surface area (Å²) in [7, 11) is 4.50. The number of aliphatic hydroxyl groups excluding tert-OH is 5. The van der Waals surface area contributed by atoms with Crippen LogP contribution in [0.5, 0.6) is 11.5 Å². The number of likely N-dealkylation sites (N-methyl/N-ethyl adjacent to an activating group) is 1. The van der Waals surface area contributed by atoms with Crippen LogP contribution in [0.4, 0.5) is 21.0 Å². The van der Waals surface area contributed by atoms with Gasteiger partial charge in [-0.25, -0.2) is 24.4 Å². The maximum Gasteiger partial charge on any atom is 0.409 e. The van der Waals surface area contributed by atoms with Gasteiger partial charge in [-0.3, -0.25) is 48.9 Å². The zero-order chi connectivity index (χ0) is 91.8. The van der Waals surface area contributed by atoms with Crippen molar-refractivity contribution in [2.24, 2.45) is 5.92 Å². The third-order valence-corrected chi connectivity index (χ3v) is 22.1. The Kier molecular flexibility index (Phi) is 38.0. The van der Waals surface area contributed by atoms with Gasteiger partial charge in [0, 0.05) is 90.8 Å². The minimum Gasteiger partial charge on any atom is -0.495 e. The highest BCUT2D eigenvalue weighted by atomic mass is 35.5. The van der Waals surface area contributed by atoms with Gasteiger partial charge in [-0.1, -0.05) is 55.3 Å². The Bertz CT molecular complexity index is 4550. The summed E-state index contributed by atoms with van der Waals surface area (Å²) in [6.45, 7) is 11.4. The number of amides is 9. The minimum absolute atomic E-state index is 0.0121. The smallest absolute Gasteiger partial charge is 0.409 e. The van der Waals surface area contributed by atoms with Gasteiger partial charge in [0.05, 0.1) is 70.6 Å². The first kappa shape index (κ1) is 101. The Morgan fingerprint density at radius 3 is 2.24 bits per heavy atom. The molecule has 43 heteroatoms. The van der Waals surface area contributed by atoms with E-state index < -0.39 is 192 Å². The molecule has 2 saturated heterocycles. The summed E-state index contributed by atoms with van der Waals surface area (Å²) in [5.41, 5.74) is 2.48. The minimum atomic E-state index is -4.73. The molecule has 2 aromatic carbocycles. The number of carbonyl (C=O) groups excluding carboxylic acids is 10. The average Bonchev–Trinajstić information content (AvgIpc) is 1.17. The van der Waals surface area contributed by atoms with Crippen molar-refractivity contribution in [2.75, 3.05) is 104 Å². The molecule has 2 aromatic heterocycles. The predicted molar refractivity (Wildman–Crippen MR) is 447 cm³/mol. The van der Waals surface area contributed by atoms with Crippen molar-refractivity contribution in [3.63, 3.8) is 0 Å². The van der Waals surface area contributed by atoms with Crippen molar-refractivity contribution < 1.29 is 134 Å². The van der Waals surface area contributed by atoms with Crippen LogP contribution >= 0.6 is 11.6 Å². The number of nitrogens with one attached hydrogen (secondary N) is 7. The lowest BCUT2D eigenvalue weighted by Crippen LogP contribution is -2.64. The highest BCUT2D eigenvalue weighted by Gasteiger charge is 2.49. The molecule has 0 saturated carbocycles. The number of rotatable bonds is 38. The molecule has 14 N–H and O–H groups in total. The quantitative estimate of drug-likeness (QED) is 0.00978. The number of hydrogen-bond donors (Lipinski definition) is 14. The Hall–Kier alpha value is -9.77. The molecule has 3 aliphatic heterocycles. The molecular weight excluding hydrogens is 1670 g/mol. The van der Waals surface area contributed by atoms with Gasteiger partial charge < -0.3 is 119 Å². The van der Waals surface area contributed by atoms with E-state index in [4.69, 9.17) is 54.2 Å². The second-order valence-electron chi connectivity index (χ2n) is 31.4. The van der Waals surface area contributed by atoms with Crippen LogP contribution in [0.25, 0.3) is 11.0 Å². The van der Waals surface area contributed by atoms with Crippen LogP contribution in [0.3, 0.4) is 0 Å². The topological polar surface area (TPSA) is 545 Å². The van der Waals surface area contributed by atoms with E-state index in [-0.39, 0.29) is 112 Å². The number of esters is 1. The fraction of sp³-hybridized carbons (Fsp3) is 0.593. The van der Waals surface area contributed by atoms with Crippen LogP contribution in [-0.4, -0.2) is 312 Å². The van der Waals surface area contributed by atoms with Crippen LogP contribution in [0.2, 0.25) is 5.02 Å². The van der Waals surface area contributed by atoms with Crippen molar-refractivity contribution in [3.8, 4) is 11.5 Å². The molecule has 3 aliphatic rings. The number of pyridine rings is 1. The standard InChI is InChI=1S/C81H118ClN13O28S/c1-45(2)68(89-64(99)25-30-116-32-33-117-31-27-85-74(106)55(44-124(112,113)114)87-63(98)24-29-95-53(41-92(11)83-9)38-52-19-16-26-84-72(52)95)75(107)86-47(4)73(105)88-54-23-22-50(36-57(54)119-77-71(104)70(103)69(102)60(42-96)120-77)43-118-79(110)91(10)28-17-21-65(100)93(12)48(5)76(108)122-62-39-66(101)94(13)56-35-51(37-58(115-14)67(56)82)34-46(3)18-15-20-61(97)81(111)40-59(121-78(109)90-81)49(6)123-80(62,7)8/h15-16,18-20,22-23,26,35-38,45,47-49,55,59-62,68-71,77,83,96-97,102-104,111H,17,21,24-25,27-34,39-44H2,1-14H3,(H,85,106)(H,86,107)(H,87,98)(H,88,105)(H,89,99)(H,90,109)(H,112,113,114)/b20-15+,46-18+/t47-,48-,49+,55-,59-,60+,61+,62-,68-,69-,70-,71+,77+,81-/m0/s1. The van der Waals surface area contributed by atoms with Crippen molar-refractivity contribution in [1.82, 2.24) is 56.4 Å². The largest absolute Gasteiger partial charge is 0.495 e. The van der Waals surface area contributed by atoms with E-state index in [1.54, 1.807) is 51.4 Å². The van der Waals surface area contributed by atoms with E-state index in [1.165, 1.54) is 103 Å². The lowest BCUT2D eigenvalue weighted by molar-refractivity contribution is -0.277. The van der Waals surface area contributed by atoms with Gasteiger partial charge in [0.25, 0.3) is 10.1 Å². The molecule has 5 heterocycles. The highest BCUT2D eigenvalue weighted by Crippen LogP contribution is 2.39. The first-order chi connectivity index (χ1) is 58.4. The molecule has 9 amide bonds. The number of hydrazine groups is 1. The third-order valence-electron chi connectivity index (χ3n) is 21.0. The van der Waals surface area contributed by atoms with E-state index >= 15 is 0 Å². The van der Waals surface area contributed by atoms with Crippen molar-refractivity contribution >= 4 is 104 Å². The van der Waals surface area contributed by atoms with E-state index in [1.807, 2.05) is 35.7 Å². The van der Waals surface area contributed by atoms with Gasteiger partial charge >= 0.3 is 18.2 Å². The summed E-state index contributed by atoms with van der Waals surface area (Å²) < 4.78 is 87.1. The van der Waals surface area contributed by atoms with Gasteiger partial charge in [-0.15, -0.1) is 0 Å². The molecule has 7 rings (SSSR count). The molecule has 41 nitrogen and oxygen atoms in total. The number of aliphatic hydroxyl groups is 6. The number of benzene rings is 2. The summed E-state index contributed by atoms with van der Waals surface area (Å²) in [5.74, 6) is -7.45. The van der Waals surface area contributed by atoms with Crippen LogP contribution in [0, 0.1) is 5.92 Å². The Morgan fingerprint density at radius 1 is 0.863 bits per heavy atom. The molecule has 2 fully saturated rings. The van der Waals surface area contributed by atoms with Crippen molar-refractivity contribution in [3.05, 3.63) is 100 Å². The molecule has 0 radical (unpaired) electrons. The van der Waals surface area contributed by atoms with E-state index in [2.05, 4.69) is 42.3 Å². The molecule has 688 valence electrons. The number of alkyl carbamates (subject to hydrolysis) is 1. The number of methoxy groups -OCH3 is 1. The number of halogens is 1. The summed E-state index contributed by atoms with van der Waals surface area (Å²) >= 11 is 6.82. The Balaban J connectivity index is 0.890. The number of nitrogens with zero attached hydrogens (tertiary/aromatic N) is 6. The van der Waals surface area contributed by atoms with Gasteiger partial charge in [-0.2, -0.15) is 8.42 Å². The second kappa shape index (κ2) is 46.4. The number of anilines is 2. The molecule has 0 unspecified atom stereocenters. The molecule has 4 aromatic rings. The third kappa shape index (κ3) is 29.2. The number of ether oxygens (including phenoxy) is 9. The number of carbonyl (C=O) groups is 10. The summed E-state index contributed by atoms with van der Waals surface area (Å²) in [5, 5.41) is 82.6. The number of aromatic nitrogens is 2. The number of fused-ring (bicyclic) bond motifs is 5. The van der Waals surface area contributed by atoms with Crippen LogP contribution < -0.4 is 51.7 Å². The molecule has 0 spiro atoms. The maximum atomic E-state index is 14.5. The SMILES string of the molecule is CNN(C)Cc1cc2cccnc2n1CCC(=O)N[C@@H](CS(=O)(=O)O)C(=O)NCCOCCOCCC(=O)N[C@H](C(=O)N[C@@H](C)C(=O)Nc1ccc(COC(=O)N(C)CCCC(=O)N(C)[C@@H](C)C(=O)O[C@H]2CC(=O)N(C)c3cc(cc(OC)c3Cl)C/C(C)=C/C=C/[C@@H](O)[C@@]3(O)C[C@H](OC(=O)N3)[C@@H](C)OC2(C)C)cc1O[C@@H]1O[C@H](CO)[C@H](O)[C@H](O)[C@H]1O)C(C)C. The van der Waals surface area contributed by atoms with Crippen molar-refractivity contribution in [1.29, 1.82) is 0 Å². The Morgan fingerprint density at radius 2 is 1.56 bits per heavy atom. The molecule has 124 heavy (non-hydrogen) atoms. The molecule has 14 atom stereocenters. The molecular formula is C81H118ClN13O28S. The predicted octanol–water partition coefficient (Wildman–Crippen LogP) is 0.980. The van der Waals surface area contributed by atoms with Crippen LogP contribution in [0.15, 0.2) is 78.5 Å². The zero-order valence-electron chi connectivity index (χ0n) is 71.9. The average molecular weight is 1790 g/mol. The van der Waals surface area contributed by atoms with Gasteiger partial charge in [0.1, 0.15) is 107 Å². The summed E-state index contributed by atoms with van der Waals surface area (Å²) in [6.07, 6.45) is -11.0. The van der Waals surface area contributed by atoms with Crippen LogP contribution in [-0.2, 0) is 108 Å². The second-order valence-corrected chi connectivity index (χ2v) is 33.3. The van der Waals surface area contributed by atoms with E-state index in [9.17, 15) is 91.6 Å².